The molecule has 0 aromatic heterocycles. The molecule has 3 heteroatoms. The van der Waals surface area contributed by atoms with E-state index < -0.39 is 0 Å². The summed E-state index contributed by atoms with van der Waals surface area (Å²) in [6.07, 6.45) is 8.39. The first-order valence-electron chi connectivity index (χ1n) is 8.39. The summed E-state index contributed by atoms with van der Waals surface area (Å²) in [4.78, 5) is 5.43. The van der Waals surface area contributed by atoms with Crippen molar-refractivity contribution in [2.75, 3.05) is 39.3 Å². The molecule has 1 heterocycles. The molecule has 2 aliphatic carbocycles. The number of hydrogen-bond acceptors (Lipinski definition) is 3. The fraction of sp³-hybridized carbons (Fsp3) is 1.00. The molecule has 3 nitrogen and oxygen atoms in total. The third kappa shape index (κ3) is 3.14. The van der Waals surface area contributed by atoms with Crippen LogP contribution in [0.5, 0.6) is 0 Å². The Hall–Kier alpha value is -0.120. The van der Waals surface area contributed by atoms with Crippen LogP contribution < -0.4 is 5.73 Å². The average molecular weight is 265 g/mol. The first-order valence-corrected chi connectivity index (χ1v) is 8.39. The van der Waals surface area contributed by atoms with E-state index in [1.165, 1.54) is 71.2 Å². The lowest BCUT2D eigenvalue weighted by atomic mass is 9.75. The van der Waals surface area contributed by atoms with Gasteiger partial charge in [-0.3, -0.25) is 4.90 Å². The predicted molar refractivity (Wildman–Crippen MR) is 80.2 cm³/mol. The zero-order valence-corrected chi connectivity index (χ0v) is 12.6. The van der Waals surface area contributed by atoms with E-state index in [1.807, 2.05) is 0 Å². The van der Waals surface area contributed by atoms with E-state index in [0.29, 0.717) is 5.54 Å². The molecule has 0 aromatic carbocycles. The number of piperazine rings is 1. The molecule has 2 N–H and O–H groups in total. The van der Waals surface area contributed by atoms with Crippen LogP contribution in [-0.2, 0) is 0 Å². The largest absolute Gasteiger partial charge is 0.329 e. The molecule has 110 valence electrons. The summed E-state index contributed by atoms with van der Waals surface area (Å²) < 4.78 is 0. The molecule has 3 aliphatic rings. The Labute approximate surface area is 118 Å². The van der Waals surface area contributed by atoms with Crippen LogP contribution in [0.4, 0.5) is 0 Å². The number of rotatable bonds is 4. The van der Waals surface area contributed by atoms with Crippen molar-refractivity contribution < 1.29 is 0 Å². The van der Waals surface area contributed by atoms with Crippen LogP contribution in [0.25, 0.3) is 0 Å². The summed E-state index contributed by atoms with van der Waals surface area (Å²) in [5.41, 5.74) is 6.54. The normalized spacial score (nSPS) is 38.5. The lowest BCUT2D eigenvalue weighted by molar-refractivity contribution is 0.000270. The van der Waals surface area contributed by atoms with Gasteiger partial charge in [-0.15, -0.1) is 0 Å². The van der Waals surface area contributed by atoms with E-state index >= 15 is 0 Å². The minimum absolute atomic E-state index is 0.337. The van der Waals surface area contributed by atoms with E-state index in [9.17, 15) is 0 Å². The van der Waals surface area contributed by atoms with Crippen molar-refractivity contribution in [3.05, 3.63) is 0 Å². The Morgan fingerprint density at radius 3 is 2.42 bits per heavy atom. The van der Waals surface area contributed by atoms with Crippen LogP contribution in [0.1, 0.15) is 45.4 Å². The molecule has 3 fully saturated rings. The smallest absolute Gasteiger partial charge is 0.0335 e. The average Bonchev–Trinajstić information content (AvgIpc) is 3.23. The van der Waals surface area contributed by atoms with Crippen molar-refractivity contribution in [3.8, 4) is 0 Å². The van der Waals surface area contributed by atoms with Gasteiger partial charge in [-0.05, 0) is 37.5 Å². The maximum atomic E-state index is 6.20. The summed E-state index contributed by atoms with van der Waals surface area (Å²) in [5, 5.41) is 0. The maximum absolute atomic E-state index is 6.20. The van der Waals surface area contributed by atoms with Crippen LogP contribution in [0.2, 0.25) is 0 Å². The lowest BCUT2D eigenvalue weighted by Gasteiger charge is -2.50. The Kier molecular flexibility index (Phi) is 4.16. The van der Waals surface area contributed by atoms with Crippen LogP contribution in [0, 0.1) is 11.8 Å². The number of nitrogens with zero attached hydrogens (tertiary/aromatic N) is 2. The number of hydrogen-bond donors (Lipinski definition) is 1. The second-order valence-corrected chi connectivity index (χ2v) is 7.36. The summed E-state index contributed by atoms with van der Waals surface area (Å²) in [7, 11) is 0. The highest BCUT2D eigenvalue weighted by Gasteiger charge is 2.40. The highest BCUT2D eigenvalue weighted by molar-refractivity contribution is 4.97. The molecule has 2 saturated carbocycles. The Morgan fingerprint density at radius 1 is 1.11 bits per heavy atom. The SMILES string of the molecule is CC1CCCC(CN)(N2CCN(CC3CC3)CC2)C1. The van der Waals surface area contributed by atoms with Gasteiger partial charge < -0.3 is 10.6 Å². The van der Waals surface area contributed by atoms with Crippen molar-refractivity contribution >= 4 is 0 Å². The minimum atomic E-state index is 0.337. The quantitative estimate of drug-likeness (QED) is 0.843. The molecule has 1 aliphatic heterocycles. The molecule has 0 aromatic rings. The summed E-state index contributed by atoms with van der Waals surface area (Å²) >= 11 is 0. The van der Waals surface area contributed by atoms with Gasteiger partial charge in [0.25, 0.3) is 0 Å². The van der Waals surface area contributed by atoms with Gasteiger partial charge in [-0.1, -0.05) is 19.8 Å². The molecule has 19 heavy (non-hydrogen) atoms. The molecular weight excluding hydrogens is 234 g/mol. The van der Waals surface area contributed by atoms with Crippen molar-refractivity contribution in [1.29, 1.82) is 0 Å². The van der Waals surface area contributed by atoms with Gasteiger partial charge in [0.2, 0.25) is 0 Å². The fourth-order valence-corrected chi connectivity index (χ4v) is 4.30. The summed E-state index contributed by atoms with van der Waals surface area (Å²) in [6.45, 7) is 9.67. The Balaban J connectivity index is 1.55. The minimum Gasteiger partial charge on any atom is -0.329 e. The second kappa shape index (κ2) is 5.71. The molecular formula is C16H31N3. The highest BCUT2D eigenvalue weighted by atomic mass is 15.3. The van der Waals surface area contributed by atoms with Gasteiger partial charge in [-0.25, -0.2) is 0 Å². The van der Waals surface area contributed by atoms with E-state index in [-0.39, 0.29) is 0 Å². The maximum Gasteiger partial charge on any atom is 0.0335 e. The van der Waals surface area contributed by atoms with Crippen molar-refractivity contribution in [3.63, 3.8) is 0 Å². The predicted octanol–water partition coefficient (Wildman–Crippen LogP) is 1.92. The van der Waals surface area contributed by atoms with E-state index in [2.05, 4.69) is 16.7 Å². The number of nitrogens with two attached hydrogens (primary N) is 1. The first kappa shape index (κ1) is 13.8. The zero-order valence-electron chi connectivity index (χ0n) is 12.6. The molecule has 0 bridgehead atoms. The van der Waals surface area contributed by atoms with Crippen LogP contribution in [-0.4, -0.2) is 54.6 Å². The monoisotopic (exact) mass is 265 g/mol. The molecule has 2 atom stereocenters. The molecule has 1 saturated heterocycles. The van der Waals surface area contributed by atoms with E-state index in [1.54, 1.807) is 0 Å². The van der Waals surface area contributed by atoms with Crippen molar-refractivity contribution in [1.82, 2.24) is 9.80 Å². The topological polar surface area (TPSA) is 32.5 Å². The molecule has 0 radical (unpaired) electrons. The van der Waals surface area contributed by atoms with Crippen LogP contribution >= 0.6 is 0 Å². The van der Waals surface area contributed by atoms with Gasteiger partial charge in [-0.2, -0.15) is 0 Å². The lowest BCUT2D eigenvalue weighted by Crippen LogP contribution is -2.61. The van der Waals surface area contributed by atoms with Gasteiger partial charge in [0.15, 0.2) is 0 Å². The standard InChI is InChI=1S/C16H31N3/c1-14-3-2-6-16(11-14,13-17)19-9-7-18(8-10-19)12-15-4-5-15/h14-15H,2-13,17H2,1H3. The highest BCUT2D eigenvalue weighted by Crippen LogP contribution is 2.37. The van der Waals surface area contributed by atoms with Crippen LogP contribution in [0.3, 0.4) is 0 Å². The molecule has 0 spiro atoms. The summed E-state index contributed by atoms with van der Waals surface area (Å²) in [5.74, 6) is 1.89. The van der Waals surface area contributed by atoms with E-state index in [0.717, 1.165) is 18.4 Å². The summed E-state index contributed by atoms with van der Waals surface area (Å²) in [6, 6.07) is 0. The third-order valence-corrected chi connectivity index (χ3v) is 5.70. The second-order valence-electron chi connectivity index (χ2n) is 7.36. The fourth-order valence-electron chi connectivity index (χ4n) is 4.30. The van der Waals surface area contributed by atoms with Crippen LogP contribution in [0.15, 0.2) is 0 Å². The Bertz CT molecular complexity index is 294. The zero-order chi connectivity index (χ0) is 13.3. The Morgan fingerprint density at radius 2 is 1.84 bits per heavy atom. The molecule has 3 rings (SSSR count). The van der Waals surface area contributed by atoms with Gasteiger partial charge in [0, 0.05) is 44.8 Å². The van der Waals surface area contributed by atoms with Gasteiger partial charge in [0.1, 0.15) is 0 Å². The molecule has 0 amide bonds. The van der Waals surface area contributed by atoms with Crippen molar-refractivity contribution in [2.24, 2.45) is 17.6 Å². The molecule has 2 unspecified atom stereocenters. The van der Waals surface area contributed by atoms with Crippen molar-refractivity contribution in [2.45, 2.75) is 51.0 Å². The van der Waals surface area contributed by atoms with E-state index in [4.69, 9.17) is 5.73 Å². The van der Waals surface area contributed by atoms with Gasteiger partial charge >= 0.3 is 0 Å². The third-order valence-electron chi connectivity index (χ3n) is 5.70. The van der Waals surface area contributed by atoms with Gasteiger partial charge in [0.05, 0.1) is 0 Å². The first-order chi connectivity index (χ1) is 9.22.